The molecule has 1 amide bonds. The molecule has 0 saturated heterocycles. The minimum Gasteiger partial charge on any atom is -0.312 e. The summed E-state index contributed by atoms with van der Waals surface area (Å²) in [6, 6.07) is 17.6. The van der Waals surface area contributed by atoms with Gasteiger partial charge in [0.1, 0.15) is 4.83 Å². The van der Waals surface area contributed by atoms with Crippen LogP contribution in [0, 0.1) is 6.92 Å². The molecule has 0 atom stereocenters. The second-order valence-electron chi connectivity index (χ2n) is 8.17. The first-order chi connectivity index (χ1) is 16.1. The Morgan fingerprint density at radius 3 is 2.61 bits per heavy atom. The summed E-state index contributed by atoms with van der Waals surface area (Å²) in [7, 11) is 0. The van der Waals surface area contributed by atoms with Gasteiger partial charge in [0.05, 0.1) is 16.8 Å². The zero-order valence-electron chi connectivity index (χ0n) is 18.7. The number of aryl methyl sites for hydroxylation is 3. The molecule has 0 fully saturated rings. The van der Waals surface area contributed by atoms with Gasteiger partial charge in [-0.15, -0.1) is 11.3 Å². The number of thioether (sulfide) groups is 1. The number of benzene rings is 2. The van der Waals surface area contributed by atoms with Crippen LogP contribution in [0.5, 0.6) is 0 Å². The van der Waals surface area contributed by atoms with Gasteiger partial charge in [0.2, 0.25) is 5.91 Å². The van der Waals surface area contributed by atoms with E-state index >= 15 is 0 Å². The average molecular weight is 476 g/mol. The number of thiophene rings is 1. The molecule has 2 aromatic carbocycles. The van der Waals surface area contributed by atoms with Gasteiger partial charge >= 0.3 is 0 Å². The molecule has 0 aliphatic heterocycles. The van der Waals surface area contributed by atoms with Gasteiger partial charge in [0.15, 0.2) is 5.16 Å². The predicted octanol–water partition coefficient (Wildman–Crippen LogP) is 5.39. The smallest absolute Gasteiger partial charge is 0.267 e. The van der Waals surface area contributed by atoms with Crippen molar-refractivity contribution < 1.29 is 4.79 Å². The molecule has 4 aromatic rings. The number of rotatable bonds is 6. The number of hydrogen-bond acceptors (Lipinski definition) is 5. The van der Waals surface area contributed by atoms with Gasteiger partial charge in [0.25, 0.3) is 5.56 Å². The highest BCUT2D eigenvalue weighted by Gasteiger charge is 2.24. The van der Waals surface area contributed by atoms with Gasteiger partial charge in [-0.3, -0.25) is 14.2 Å². The molecule has 33 heavy (non-hydrogen) atoms. The Bertz CT molecular complexity index is 1370. The predicted molar refractivity (Wildman–Crippen MR) is 137 cm³/mol. The third-order valence-corrected chi connectivity index (χ3v) is 8.12. The van der Waals surface area contributed by atoms with Crippen LogP contribution in [0.4, 0.5) is 5.69 Å². The van der Waals surface area contributed by atoms with Crippen molar-refractivity contribution in [1.82, 2.24) is 9.55 Å². The van der Waals surface area contributed by atoms with E-state index in [1.807, 2.05) is 68.4 Å². The molecule has 2 heterocycles. The number of nitrogens with zero attached hydrogens (tertiary/aromatic N) is 3. The number of amides is 1. The van der Waals surface area contributed by atoms with E-state index < -0.39 is 0 Å². The van der Waals surface area contributed by atoms with E-state index in [9.17, 15) is 9.59 Å². The molecule has 0 radical (unpaired) electrons. The number of carbonyl (C=O) groups excluding carboxylic acids is 1. The third-order valence-electron chi connectivity index (χ3n) is 6.01. The third kappa shape index (κ3) is 4.11. The second-order valence-corrected chi connectivity index (χ2v) is 10.2. The highest BCUT2D eigenvalue weighted by Crippen LogP contribution is 2.36. The van der Waals surface area contributed by atoms with E-state index in [1.54, 1.807) is 20.8 Å². The molecule has 2 aromatic heterocycles. The summed E-state index contributed by atoms with van der Waals surface area (Å²) in [6.07, 6.45) is 3.05. The lowest BCUT2D eigenvalue weighted by atomic mass is 10.2. The lowest BCUT2D eigenvalue weighted by molar-refractivity contribution is -0.116. The van der Waals surface area contributed by atoms with E-state index in [0.29, 0.717) is 11.7 Å². The molecule has 0 unspecified atom stereocenters. The molecule has 0 bridgehead atoms. The Morgan fingerprint density at radius 2 is 1.88 bits per heavy atom. The standard InChI is InChI=1S/C26H25N3O2S2/c1-3-28(18-8-5-4-6-9-18)22(30)16-32-26-27-24-23(20-10-7-11-21(20)33-24)25(31)29(26)19-14-12-17(2)13-15-19/h4-6,8-9,12-15H,3,7,10-11,16H2,1-2H3. The van der Waals surface area contributed by atoms with Crippen molar-refractivity contribution in [3.05, 3.63) is 81.0 Å². The summed E-state index contributed by atoms with van der Waals surface area (Å²) in [4.78, 5) is 35.6. The van der Waals surface area contributed by atoms with Crippen molar-refractivity contribution in [3.63, 3.8) is 0 Å². The van der Waals surface area contributed by atoms with E-state index in [0.717, 1.165) is 46.4 Å². The van der Waals surface area contributed by atoms with Crippen LogP contribution in [0.3, 0.4) is 0 Å². The van der Waals surface area contributed by atoms with Crippen molar-refractivity contribution in [2.75, 3.05) is 17.2 Å². The van der Waals surface area contributed by atoms with Gasteiger partial charge in [-0.25, -0.2) is 4.98 Å². The van der Waals surface area contributed by atoms with E-state index in [-0.39, 0.29) is 17.2 Å². The first kappa shape index (κ1) is 21.9. The lowest BCUT2D eigenvalue weighted by Gasteiger charge is -2.21. The maximum absolute atomic E-state index is 13.7. The molecule has 0 N–H and O–H groups in total. The second kappa shape index (κ2) is 9.15. The Balaban J connectivity index is 1.54. The monoisotopic (exact) mass is 475 g/mol. The zero-order valence-corrected chi connectivity index (χ0v) is 20.3. The van der Waals surface area contributed by atoms with E-state index in [1.165, 1.54) is 22.2 Å². The molecule has 1 aliphatic carbocycles. The van der Waals surface area contributed by atoms with Gasteiger partial charge in [-0.05, 0) is 62.9 Å². The van der Waals surface area contributed by atoms with Crippen LogP contribution in [-0.2, 0) is 17.6 Å². The fourth-order valence-corrected chi connectivity index (χ4v) is 6.55. The molecule has 5 nitrogen and oxygen atoms in total. The number of carbonyl (C=O) groups is 1. The van der Waals surface area contributed by atoms with Crippen molar-refractivity contribution in [2.24, 2.45) is 0 Å². The molecule has 0 saturated carbocycles. The van der Waals surface area contributed by atoms with Gasteiger partial charge < -0.3 is 4.90 Å². The van der Waals surface area contributed by atoms with Crippen LogP contribution in [0.2, 0.25) is 0 Å². The zero-order chi connectivity index (χ0) is 22.9. The van der Waals surface area contributed by atoms with Crippen LogP contribution in [0.25, 0.3) is 15.9 Å². The number of aromatic nitrogens is 2. The van der Waals surface area contributed by atoms with Gasteiger partial charge in [-0.2, -0.15) is 0 Å². The molecule has 1 aliphatic rings. The Kier molecular flexibility index (Phi) is 6.08. The fraction of sp³-hybridized carbons (Fsp3) is 0.269. The van der Waals surface area contributed by atoms with Crippen LogP contribution >= 0.6 is 23.1 Å². The molecule has 7 heteroatoms. The minimum absolute atomic E-state index is 0.00724. The Labute approximate surface area is 201 Å². The topological polar surface area (TPSA) is 55.2 Å². The largest absolute Gasteiger partial charge is 0.312 e. The summed E-state index contributed by atoms with van der Waals surface area (Å²) in [5.74, 6) is 0.199. The maximum atomic E-state index is 13.7. The molecular formula is C26H25N3O2S2. The summed E-state index contributed by atoms with van der Waals surface area (Å²) < 4.78 is 1.68. The van der Waals surface area contributed by atoms with Crippen molar-refractivity contribution in [2.45, 2.75) is 38.3 Å². The fourth-order valence-electron chi connectivity index (χ4n) is 4.36. The van der Waals surface area contributed by atoms with Crippen molar-refractivity contribution in [1.29, 1.82) is 0 Å². The van der Waals surface area contributed by atoms with Crippen molar-refractivity contribution >= 4 is 44.9 Å². The summed E-state index contributed by atoms with van der Waals surface area (Å²) in [5, 5.41) is 1.32. The molecule has 0 spiro atoms. The Morgan fingerprint density at radius 1 is 1.12 bits per heavy atom. The molecular weight excluding hydrogens is 450 g/mol. The summed E-state index contributed by atoms with van der Waals surface area (Å²) in [5.41, 5.74) is 3.92. The average Bonchev–Trinajstić information content (AvgIpc) is 3.41. The van der Waals surface area contributed by atoms with E-state index in [4.69, 9.17) is 4.98 Å². The SMILES string of the molecule is CCN(C(=O)CSc1nc2sc3c(c2c(=O)n1-c1ccc(C)cc1)CCC3)c1ccccc1. The first-order valence-corrected chi connectivity index (χ1v) is 13.0. The van der Waals surface area contributed by atoms with Crippen LogP contribution < -0.4 is 10.5 Å². The number of hydrogen-bond donors (Lipinski definition) is 0. The highest BCUT2D eigenvalue weighted by atomic mass is 32.2. The first-order valence-electron chi connectivity index (χ1n) is 11.2. The normalized spacial score (nSPS) is 12.8. The highest BCUT2D eigenvalue weighted by molar-refractivity contribution is 7.99. The van der Waals surface area contributed by atoms with Gasteiger partial charge in [-0.1, -0.05) is 47.7 Å². The van der Waals surface area contributed by atoms with Crippen LogP contribution in [0.15, 0.2) is 64.5 Å². The Hall–Kier alpha value is -2.90. The molecule has 168 valence electrons. The van der Waals surface area contributed by atoms with Crippen LogP contribution in [0.1, 0.15) is 29.3 Å². The van der Waals surface area contributed by atoms with Crippen LogP contribution in [-0.4, -0.2) is 27.8 Å². The molecule has 5 rings (SSSR count). The number of para-hydroxylation sites is 1. The minimum atomic E-state index is -0.0337. The maximum Gasteiger partial charge on any atom is 0.267 e. The number of anilines is 1. The number of fused-ring (bicyclic) bond motifs is 3. The van der Waals surface area contributed by atoms with Gasteiger partial charge in [0, 0.05) is 17.1 Å². The summed E-state index contributed by atoms with van der Waals surface area (Å²) in [6.45, 7) is 4.57. The van der Waals surface area contributed by atoms with E-state index in [2.05, 4.69) is 0 Å². The summed E-state index contributed by atoms with van der Waals surface area (Å²) >= 11 is 2.96. The quantitative estimate of drug-likeness (QED) is 0.277. The lowest BCUT2D eigenvalue weighted by Crippen LogP contribution is -2.32. The van der Waals surface area contributed by atoms with Crippen molar-refractivity contribution in [3.8, 4) is 5.69 Å².